The molecular weight excluding hydrogens is 390 g/mol. The molecule has 4 rings (SSSR count). The van der Waals surface area contributed by atoms with Crippen LogP contribution in [0.5, 0.6) is 0 Å². The predicted octanol–water partition coefficient (Wildman–Crippen LogP) is 3.45. The van der Waals surface area contributed by atoms with Gasteiger partial charge in [-0.05, 0) is 36.4 Å². The molecule has 136 valence electrons. The first-order chi connectivity index (χ1) is 13.0. The molecule has 8 nitrogen and oxygen atoms in total. The number of fused-ring (bicyclic) bond motifs is 1. The Labute approximate surface area is 157 Å². The van der Waals surface area contributed by atoms with Crippen molar-refractivity contribution in [3.05, 3.63) is 60.4 Å². The number of carboxylic acids is 1. The molecule has 0 amide bonds. The minimum absolute atomic E-state index is 0.0726. The van der Waals surface area contributed by atoms with Crippen LogP contribution in [0.25, 0.3) is 22.4 Å². The summed E-state index contributed by atoms with van der Waals surface area (Å²) in [6.45, 7) is 0. The van der Waals surface area contributed by atoms with Crippen LogP contribution in [-0.4, -0.2) is 28.2 Å². The third kappa shape index (κ3) is 3.15. The smallest absolute Gasteiger partial charge is 0.337 e. The SMILES string of the molecule is O=C(O)c1ccc(-c2ccco2)cc1NS(=O)(=O)c1cccc2nsnc12. The highest BCUT2D eigenvalue weighted by Crippen LogP contribution is 2.29. The standard InChI is InChI=1S/C17H11N3O5S2/c21-17(22)11-7-6-10(14-4-2-8-25-14)9-13(11)20-27(23,24)15-5-1-3-12-16(15)19-26-18-12/h1-9,20H,(H,21,22). The molecule has 2 aromatic carbocycles. The third-order valence-electron chi connectivity index (χ3n) is 3.84. The van der Waals surface area contributed by atoms with Gasteiger partial charge in [0.05, 0.1) is 29.2 Å². The molecule has 0 aliphatic carbocycles. The molecule has 2 N–H and O–H groups in total. The summed E-state index contributed by atoms with van der Waals surface area (Å²) >= 11 is 0.899. The van der Waals surface area contributed by atoms with E-state index in [1.54, 1.807) is 30.3 Å². The van der Waals surface area contributed by atoms with E-state index in [4.69, 9.17) is 4.42 Å². The number of benzene rings is 2. The van der Waals surface area contributed by atoms with Crippen LogP contribution in [0, 0.1) is 0 Å². The molecule has 0 saturated heterocycles. The average Bonchev–Trinajstić information content (AvgIpc) is 3.32. The quantitative estimate of drug-likeness (QED) is 0.525. The molecule has 0 spiro atoms. The average molecular weight is 401 g/mol. The van der Waals surface area contributed by atoms with E-state index in [2.05, 4.69) is 13.5 Å². The molecule has 0 atom stereocenters. The summed E-state index contributed by atoms with van der Waals surface area (Å²) in [5.74, 6) is -0.773. The maximum absolute atomic E-state index is 12.9. The van der Waals surface area contributed by atoms with Crippen molar-refractivity contribution in [2.24, 2.45) is 0 Å². The van der Waals surface area contributed by atoms with Crippen molar-refractivity contribution in [2.75, 3.05) is 4.72 Å². The van der Waals surface area contributed by atoms with Crippen LogP contribution < -0.4 is 4.72 Å². The molecule has 0 radical (unpaired) electrons. The highest BCUT2D eigenvalue weighted by molar-refractivity contribution is 7.93. The Bertz CT molecular complexity index is 1250. The minimum atomic E-state index is -4.09. The van der Waals surface area contributed by atoms with E-state index < -0.39 is 16.0 Å². The van der Waals surface area contributed by atoms with Gasteiger partial charge in [0.15, 0.2) is 0 Å². The van der Waals surface area contributed by atoms with Gasteiger partial charge in [0.2, 0.25) is 0 Å². The number of sulfonamides is 1. The number of carboxylic acid groups (broad SMARTS) is 1. The van der Waals surface area contributed by atoms with Crippen molar-refractivity contribution in [2.45, 2.75) is 4.90 Å². The van der Waals surface area contributed by atoms with Gasteiger partial charge in [0.25, 0.3) is 10.0 Å². The van der Waals surface area contributed by atoms with Gasteiger partial charge >= 0.3 is 5.97 Å². The first-order valence-corrected chi connectivity index (χ1v) is 9.82. The number of hydrogen-bond donors (Lipinski definition) is 2. The van der Waals surface area contributed by atoms with Gasteiger partial charge < -0.3 is 9.52 Å². The molecule has 0 fully saturated rings. The lowest BCUT2D eigenvalue weighted by Crippen LogP contribution is -2.16. The van der Waals surface area contributed by atoms with Crippen molar-refractivity contribution in [3.8, 4) is 11.3 Å². The number of rotatable bonds is 5. The van der Waals surface area contributed by atoms with Gasteiger partial charge in [0, 0.05) is 5.56 Å². The highest BCUT2D eigenvalue weighted by atomic mass is 32.2. The van der Waals surface area contributed by atoms with Gasteiger partial charge in [-0.15, -0.1) is 0 Å². The second-order valence-corrected chi connectivity index (χ2v) is 7.72. The van der Waals surface area contributed by atoms with E-state index in [1.807, 2.05) is 0 Å². The largest absolute Gasteiger partial charge is 0.478 e. The number of carbonyl (C=O) groups is 1. The van der Waals surface area contributed by atoms with Crippen molar-refractivity contribution in [3.63, 3.8) is 0 Å². The van der Waals surface area contributed by atoms with Crippen molar-refractivity contribution >= 4 is 44.4 Å². The van der Waals surface area contributed by atoms with E-state index in [1.165, 1.54) is 24.5 Å². The lowest BCUT2D eigenvalue weighted by Gasteiger charge is -2.12. The van der Waals surface area contributed by atoms with Crippen molar-refractivity contribution in [1.82, 2.24) is 8.75 Å². The summed E-state index contributed by atoms with van der Waals surface area (Å²) in [5, 5.41) is 9.41. The lowest BCUT2D eigenvalue weighted by molar-refractivity contribution is 0.0698. The zero-order valence-corrected chi connectivity index (χ0v) is 15.1. The Balaban J connectivity index is 1.82. The second-order valence-electron chi connectivity index (χ2n) is 5.54. The van der Waals surface area contributed by atoms with E-state index in [0.29, 0.717) is 16.8 Å². The molecule has 0 saturated carbocycles. The molecule has 2 aromatic heterocycles. The summed E-state index contributed by atoms with van der Waals surface area (Å²) in [5.41, 5.74) is 0.963. The molecule has 4 aromatic rings. The van der Waals surface area contributed by atoms with Crippen molar-refractivity contribution < 1.29 is 22.7 Å². The zero-order valence-electron chi connectivity index (χ0n) is 13.5. The van der Waals surface area contributed by atoms with Gasteiger partial charge in [-0.3, -0.25) is 4.72 Å². The minimum Gasteiger partial charge on any atom is -0.478 e. The molecule has 0 bridgehead atoms. The van der Waals surface area contributed by atoms with Crippen LogP contribution >= 0.6 is 11.7 Å². The highest BCUT2D eigenvalue weighted by Gasteiger charge is 2.23. The Morgan fingerprint density at radius 3 is 2.70 bits per heavy atom. The maximum Gasteiger partial charge on any atom is 0.337 e. The monoisotopic (exact) mass is 401 g/mol. The second kappa shape index (κ2) is 6.49. The van der Waals surface area contributed by atoms with Gasteiger partial charge in [-0.2, -0.15) is 8.75 Å². The molecule has 0 unspecified atom stereocenters. The van der Waals surface area contributed by atoms with E-state index in [0.717, 1.165) is 11.7 Å². The van der Waals surface area contributed by atoms with Crippen LogP contribution in [0.15, 0.2) is 64.1 Å². The van der Waals surface area contributed by atoms with Gasteiger partial charge in [-0.1, -0.05) is 12.1 Å². The van der Waals surface area contributed by atoms with Crippen LogP contribution in [0.3, 0.4) is 0 Å². The van der Waals surface area contributed by atoms with Crippen LogP contribution in [0.4, 0.5) is 5.69 Å². The number of furan rings is 1. The van der Waals surface area contributed by atoms with Gasteiger partial charge in [-0.25, -0.2) is 13.2 Å². The molecule has 0 aliphatic heterocycles. The predicted molar refractivity (Wildman–Crippen MR) is 99.3 cm³/mol. The zero-order chi connectivity index (χ0) is 19.0. The number of nitrogens with one attached hydrogen (secondary N) is 1. The topological polar surface area (TPSA) is 122 Å². The fraction of sp³-hybridized carbons (Fsp3) is 0. The fourth-order valence-corrected chi connectivity index (χ4v) is 4.45. The maximum atomic E-state index is 12.9. The summed E-state index contributed by atoms with van der Waals surface area (Å²) in [7, 11) is -4.09. The van der Waals surface area contributed by atoms with Crippen molar-refractivity contribution in [1.29, 1.82) is 0 Å². The Kier molecular flexibility index (Phi) is 4.13. The molecule has 2 heterocycles. The summed E-state index contributed by atoms with van der Waals surface area (Å²) in [6.07, 6.45) is 1.47. The van der Waals surface area contributed by atoms with E-state index in [9.17, 15) is 18.3 Å². The summed E-state index contributed by atoms with van der Waals surface area (Å²) in [4.78, 5) is 11.5. The normalized spacial score (nSPS) is 11.6. The van der Waals surface area contributed by atoms with E-state index in [-0.39, 0.29) is 21.7 Å². The van der Waals surface area contributed by atoms with Crippen LogP contribution in [0.1, 0.15) is 10.4 Å². The lowest BCUT2D eigenvalue weighted by atomic mass is 10.1. The molecule has 0 aliphatic rings. The van der Waals surface area contributed by atoms with Crippen LogP contribution in [-0.2, 0) is 10.0 Å². The Morgan fingerprint density at radius 1 is 1.11 bits per heavy atom. The number of anilines is 1. The fourth-order valence-electron chi connectivity index (χ4n) is 2.61. The van der Waals surface area contributed by atoms with Gasteiger partial charge in [0.1, 0.15) is 21.7 Å². The van der Waals surface area contributed by atoms with Crippen LogP contribution in [0.2, 0.25) is 0 Å². The molecular formula is C17H11N3O5S2. The first-order valence-electron chi connectivity index (χ1n) is 7.61. The Hall–Kier alpha value is -3.24. The number of aromatic nitrogens is 2. The third-order valence-corrected chi connectivity index (χ3v) is 5.78. The summed E-state index contributed by atoms with van der Waals surface area (Å²) in [6, 6.07) is 12.3. The number of nitrogens with zero attached hydrogens (tertiary/aromatic N) is 2. The molecule has 10 heteroatoms. The number of hydrogen-bond acceptors (Lipinski definition) is 7. The van der Waals surface area contributed by atoms with E-state index >= 15 is 0 Å². The summed E-state index contributed by atoms with van der Waals surface area (Å²) < 4.78 is 41.5. The molecule has 27 heavy (non-hydrogen) atoms. The Morgan fingerprint density at radius 2 is 1.96 bits per heavy atom. The number of aromatic carboxylic acids is 1. The first kappa shape index (κ1) is 17.2.